The number of rotatable bonds is 1. The van der Waals surface area contributed by atoms with Gasteiger partial charge in [0.2, 0.25) is 0 Å². The Labute approximate surface area is 79.4 Å². The van der Waals surface area contributed by atoms with Crippen LogP contribution in [0.3, 0.4) is 0 Å². The highest BCUT2D eigenvalue weighted by Crippen LogP contribution is 2.25. The fourth-order valence-corrected chi connectivity index (χ4v) is 2.07. The van der Waals surface area contributed by atoms with E-state index in [1.165, 1.54) is 0 Å². The molecule has 1 heterocycles. The summed E-state index contributed by atoms with van der Waals surface area (Å²) in [5.41, 5.74) is 1.58. The Morgan fingerprint density at radius 2 is 2.08 bits per heavy atom. The summed E-state index contributed by atoms with van der Waals surface area (Å²) in [4.78, 5) is 0. The van der Waals surface area contributed by atoms with Gasteiger partial charge in [-0.2, -0.15) is 0 Å². The molecule has 1 saturated heterocycles. The summed E-state index contributed by atoms with van der Waals surface area (Å²) in [6.45, 7) is 4.11. The minimum Gasteiger partial charge on any atom is -0.267 e. The third-order valence-corrected chi connectivity index (χ3v) is 2.84. The van der Waals surface area contributed by atoms with Gasteiger partial charge < -0.3 is 0 Å². The van der Waals surface area contributed by atoms with Gasteiger partial charge in [0.15, 0.2) is 0 Å². The predicted octanol–water partition coefficient (Wildman–Crippen LogP) is 1.62. The number of hydrogen-bond donors (Lipinski definition) is 0. The molecule has 68 valence electrons. The Hall–Kier alpha value is -1.13. The monoisotopic (exact) mass is 195 g/mol. The highest BCUT2D eigenvalue weighted by Gasteiger charge is 2.25. The summed E-state index contributed by atoms with van der Waals surface area (Å²) >= 11 is -1.41. The van der Waals surface area contributed by atoms with E-state index in [-0.39, 0.29) is 0 Å². The molecule has 0 spiro atoms. The fraction of sp³-hybridized carbons (Fsp3) is 0.111. The largest absolute Gasteiger partial charge is 0.269 e. The smallest absolute Gasteiger partial charge is 0.267 e. The molecule has 1 atom stereocenters. The van der Waals surface area contributed by atoms with E-state index in [0.29, 0.717) is 6.61 Å². The van der Waals surface area contributed by atoms with Crippen LogP contribution < -0.4 is 4.31 Å². The molecule has 4 heteroatoms. The van der Waals surface area contributed by atoms with Crippen LogP contribution in [0.5, 0.6) is 0 Å². The van der Waals surface area contributed by atoms with E-state index in [2.05, 4.69) is 6.58 Å². The Morgan fingerprint density at radius 3 is 2.62 bits per heavy atom. The van der Waals surface area contributed by atoms with Crippen molar-refractivity contribution >= 4 is 17.0 Å². The lowest BCUT2D eigenvalue weighted by atomic mass is 10.3. The zero-order chi connectivity index (χ0) is 9.26. The summed E-state index contributed by atoms with van der Waals surface area (Å²) < 4.78 is 17.9. The maximum atomic E-state index is 11.3. The van der Waals surface area contributed by atoms with Crippen LogP contribution in [0, 0.1) is 0 Å². The normalized spacial score (nSPS) is 22.3. The molecule has 2 rings (SSSR count). The van der Waals surface area contributed by atoms with Gasteiger partial charge in [-0.1, -0.05) is 24.8 Å². The van der Waals surface area contributed by atoms with Crippen molar-refractivity contribution in [3.8, 4) is 0 Å². The molecule has 0 amide bonds. The molecule has 1 aromatic rings. The summed E-state index contributed by atoms with van der Waals surface area (Å²) in [7, 11) is 0. The molecule has 0 N–H and O–H groups in total. The lowest BCUT2D eigenvalue weighted by molar-refractivity contribution is 0.408. The lowest BCUT2D eigenvalue weighted by Gasteiger charge is -2.13. The second kappa shape index (κ2) is 3.32. The zero-order valence-corrected chi connectivity index (χ0v) is 7.79. The lowest BCUT2D eigenvalue weighted by Crippen LogP contribution is -2.16. The number of nitrogens with zero attached hydrogens (tertiary/aromatic N) is 1. The first kappa shape index (κ1) is 8.47. The fourth-order valence-electron chi connectivity index (χ4n) is 1.17. The van der Waals surface area contributed by atoms with Crippen LogP contribution in [-0.2, 0) is 15.4 Å². The topological polar surface area (TPSA) is 29.5 Å². The summed E-state index contributed by atoms with van der Waals surface area (Å²) in [6, 6.07) is 9.43. The van der Waals surface area contributed by atoms with E-state index in [1.54, 1.807) is 4.31 Å². The molecular weight excluding hydrogens is 186 g/mol. The van der Waals surface area contributed by atoms with Crippen LogP contribution in [-0.4, -0.2) is 10.8 Å². The molecule has 0 bridgehead atoms. The van der Waals surface area contributed by atoms with Gasteiger partial charge in [0.25, 0.3) is 11.3 Å². The Bertz CT molecular complexity index is 334. The molecule has 3 nitrogen and oxygen atoms in total. The number of para-hydroxylation sites is 1. The van der Waals surface area contributed by atoms with Gasteiger partial charge in [0.1, 0.15) is 6.61 Å². The van der Waals surface area contributed by atoms with Crippen molar-refractivity contribution in [2.75, 3.05) is 10.9 Å². The van der Waals surface area contributed by atoms with E-state index >= 15 is 0 Å². The van der Waals surface area contributed by atoms with Crippen molar-refractivity contribution in [2.24, 2.45) is 0 Å². The van der Waals surface area contributed by atoms with Crippen LogP contribution in [0.1, 0.15) is 0 Å². The standard InChI is InChI=1S/C9H9NO2S/c1-8-7-12-13(11)10(8)9-5-3-2-4-6-9/h2-6H,1,7H2. The van der Waals surface area contributed by atoms with Crippen LogP contribution in [0.4, 0.5) is 5.69 Å². The molecular formula is C9H9NO2S. The van der Waals surface area contributed by atoms with Gasteiger partial charge in [-0.15, -0.1) is 0 Å². The Morgan fingerprint density at radius 1 is 1.38 bits per heavy atom. The van der Waals surface area contributed by atoms with Crippen LogP contribution in [0.2, 0.25) is 0 Å². The van der Waals surface area contributed by atoms with Crippen molar-refractivity contribution in [3.63, 3.8) is 0 Å². The molecule has 13 heavy (non-hydrogen) atoms. The Kier molecular flexibility index (Phi) is 2.16. The quantitative estimate of drug-likeness (QED) is 0.681. The minimum absolute atomic E-state index is 0.335. The summed E-state index contributed by atoms with van der Waals surface area (Å²) in [5, 5.41) is 0. The van der Waals surface area contributed by atoms with Gasteiger partial charge in [-0.05, 0) is 12.1 Å². The second-order valence-electron chi connectivity index (χ2n) is 2.68. The molecule has 1 aliphatic heterocycles. The third-order valence-electron chi connectivity index (χ3n) is 1.75. The number of benzene rings is 1. The average Bonchev–Trinajstić information content (AvgIpc) is 2.48. The second-order valence-corrected chi connectivity index (χ2v) is 3.71. The van der Waals surface area contributed by atoms with E-state index in [9.17, 15) is 4.21 Å². The molecule has 0 aliphatic carbocycles. The maximum absolute atomic E-state index is 11.3. The number of hydrogen-bond acceptors (Lipinski definition) is 2. The zero-order valence-electron chi connectivity index (χ0n) is 6.97. The van der Waals surface area contributed by atoms with Gasteiger partial charge in [-0.3, -0.25) is 4.18 Å². The first-order valence-corrected chi connectivity index (χ1v) is 4.90. The average molecular weight is 195 g/mol. The van der Waals surface area contributed by atoms with Gasteiger partial charge >= 0.3 is 0 Å². The highest BCUT2D eigenvalue weighted by molar-refractivity contribution is 7.82. The molecule has 1 aromatic carbocycles. The predicted molar refractivity (Wildman–Crippen MR) is 52.2 cm³/mol. The van der Waals surface area contributed by atoms with E-state index in [4.69, 9.17) is 4.18 Å². The first-order valence-electron chi connectivity index (χ1n) is 3.87. The highest BCUT2D eigenvalue weighted by atomic mass is 32.2. The van der Waals surface area contributed by atoms with Crippen molar-refractivity contribution < 1.29 is 8.39 Å². The van der Waals surface area contributed by atoms with Crippen molar-refractivity contribution in [1.29, 1.82) is 0 Å². The molecule has 1 aliphatic rings. The minimum atomic E-state index is -1.41. The SMILES string of the molecule is C=C1COS(=O)N1c1ccccc1. The number of anilines is 1. The first-order chi connectivity index (χ1) is 6.29. The third kappa shape index (κ3) is 1.50. The van der Waals surface area contributed by atoms with E-state index < -0.39 is 11.3 Å². The molecule has 0 radical (unpaired) electrons. The maximum Gasteiger partial charge on any atom is 0.269 e. The van der Waals surface area contributed by atoms with Crippen LogP contribution in [0.15, 0.2) is 42.6 Å². The Balaban J connectivity index is 2.36. The molecule has 1 unspecified atom stereocenters. The molecule has 0 saturated carbocycles. The van der Waals surface area contributed by atoms with Gasteiger partial charge in [0.05, 0.1) is 11.4 Å². The summed E-state index contributed by atoms with van der Waals surface area (Å²) in [6.07, 6.45) is 0. The van der Waals surface area contributed by atoms with Crippen molar-refractivity contribution in [1.82, 2.24) is 0 Å². The van der Waals surface area contributed by atoms with Crippen molar-refractivity contribution in [3.05, 3.63) is 42.6 Å². The van der Waals surface area contributed by atoms with E-state index in [0.717, 1.165) is 11.4 Å². The summed E-state index contributed by atoms with van der Waals surface area (Å²) in [5.74, 6) is 0. The van der Waals surface area contributed by atoms with Crippen molar-refractivity contribution in [2.45, 2.75) is 0 Å². The van der Waals surface area contributed by atoms with Crippen LogP contribution in [0.25, 0.3) is 0 Å². The molecule has 1 fully saturated rings. The van der Waals surface area contributed by atoms with Crippen LogP contribution >= 0.6 is 0 Å². The molecule has 0 aromatic heterocycles. The van der Waals surface area contributed by atoms with Gasteiger partial charge in [0, 0.05) is 0 Å². The van der Waals surface area contributed by atoms with E-state index in [1.807, 2.05) is 30.3 Å². The van der Waals surface area contributed by atoms with Gasteiger partial charge in [-0.25, -0.2) is 8.51 Å².